The molecule has 9 heteroatoms. The minimum absolute atomic E-state index is 0.0721. The Kier molecular flexibility index (Phi) is 7.64. The summed E-state index contributed by atoms with van der Waals surface area (Å²) in [6.07, 6.45) is -5.01. The van der Waals surface area contributed by atoms with Crippen LogP contribution in [0.1, 0.15) is 53.5 Å². The Labute approximate surface area is 224 Å². The molecule has 3 aromatic rings. The third-order valence-corrected chi connectivity index (χ3v) is 7.26. The molecule has 1 aromatic heterocycles. The first-order valence-electron chi connectivity index (χ1n) is 13.3. The lowest BCUT2D eigenvalue weighted by Crippen LogP contribution is -2.31. The first kappa shape index (κ1) is 27.5. The van der Waals surface area contributed by atoms with Crippen LogP contribution in [0.15, 0.2) is 54.6 Å². The highest BCUT2D eigenvalue weighted by Crippen LogP contribution is 2.38. The van der Waals surface area contributed by atoms with Gasteiger partial charge in [-0.2, -0.15) is 26.3 Å². The maximum Gasteiger partial charge on any atom is 0.416 e. The number of rotatable bonds is 10. The zero-order chi connectivity index (χ0) is 27.8. The van der Waals surface area contributed by atoms with Crippen LogP contribution in [0.5, 0.6) is 0 Å². The van der Waals surface area contributed by atoms with Gasteiger partial charge in [-0.25, -0.2) is 4.98 Å². The Hall–Kier alpha value is -3.07. The van der Waals surface area contributed by atoms with Gasteiger partial charge in [0.2, 0.25) is 0 Å². The number of pyridine rings is 1. The van der Waals surface area contributed by atoms with Gasteiger partial charge in [0.25, 0.3) is 0 Å². The van der Waals surface area contributed by atoms with E-state index in [1.54, 1.807) is 0 Å². The number of hydrogen-bond donors (Lipinski definition) is 1. The Morgan fingerprint density at radius 3 is 1.87 bits per heavy atom. The molecule has 2 aliphatic rings. The van der Waals surface area contributed by atoms with Gasteiger partial charge in [-0.3, -0.25) is 0 Å². The van der Waals surface area contributed by atoms with Crippen molar-refractivity contribution < 1.29 is 26.3 Å². The van der Waals surface area contributed by atoms with E-state index in [0.29, 0.717) is 11.8 Å². The summed E-state index contributed by atoms with van der Waals surface area (Å²) < 4.78 is 79.8. The van der Waals surface area contributed by atoms with Gasteiger partial charge in [0.1, 0.15) is 5.82 Å². The monoisotopic (exact) mass is 547 g/mol. The van der Waals surface area contributed by atoms with E-state index in [1.807, 2.05) is 43.3 Å². The standard InChI is InChI=1S/C30H31F6N3/c1-19-11-24(16-37-15-22-12-25(29(31,32)33)14-26(13-22)30(34,35)36)28(38-27(19)23-5-3-2-4-6-23)39(17-20-7-8-20)18-21-9-10-21/h2-6,11-14,20-21,37H,7-10,15-18H2,1H3. The van der Waals surface area contributed by atoms with Gasteiger partial charge in [-0.15, -0.1) is 0 Å². The minimum Gasteiger partial charge on any atom is -0.356 e. The van der Waals surface area contributed by atoms with Crippen molar-refractivity contribution in [1.82, 2.24) is 10.3 Å². The van der Waals surface area contributed by atoms with Gasteiger partial charge in [-0.05, 0) is 79.8 Å². The van der Waals surface area contributed by atoms with E-state index in [1.165, 1.54) is 25.7 Å². The zero-order valence-corrected chi connectivity index (χ0v) is 21.7. The number of nitrogens with zero attached hydrogens (tertiary/aromatic N) is 2. The molecule has 39 heavy (non-hydrogen) atoms. The van der Waals surface area contributed by atoms with E-state index in [0.717, 1.165) is 53.4 Å². The molecule has 0 unspecified atom stereocenters. The van der Waals surface area contributed by atoms with Crippen LogP contribution in [0.25, 0.3) is 11.3 Å². The molecule has 208 valence electrons. The highest BCUT2D eigenvalue weighted by molar-refractivity contribution is 5.67. The van der Waals surface area contributed by atoms with Crippen molar-refractivity contribution in [3.05, 3.63) is 82.4 Å². The predicted molar refractivity (Wildman–Crippen MR) is 139 cm³/mol. The predicted octanol–water partition coefficient (Wildman–Crippen LogP) is 8.01. The van der Waals surface area contributed by atoms with Crippen LogP contribution in [0.3, 0.4) is 0 Å². The molecule has 2 aliphatic carbocycles. The van der Waals surface area contributed by atoms with Gasteiger partial charge >= 0.3 is 12.4 Å². The molecule has 2 saturated carbocycles. The van der Waals surface area contributed by atoms with Gasteiger partial charge in [0.05, 0.1) is 16.8 Å². The van der Waals surface area contributed by atoms with Crippen molar-refractivity contribution in [2.24, 2.45) is 11.8 Å². The van der Waals surface area contributed by atoms with E-state index < -0.39 is 23.5 Å². The number of hydrogen-bond acceptors (Lipinski definition) is 3. The van der Waals surface area contributed by atoms with Crippen LogP contribution in [0.4, 0.5) is 32.2 Å². The van der Waals surface area contributed by atoms with Crippen LogP contribution >= 0.6 is 0 Å². The fourth-order valence-electron chi connectivity index (χ4n) is 4.89. The fourth-order valence-corrected chi connectivity index (χ4v) is 4.89. The lowest BCUT2D eigenvalue weighted by molar-refractivity contribution is -0.143. The average Bonchev–Trinajstić information content (AvgIpc) is 3.80. The molecule has 5 rings (SSSR count). The quantitative estimate of drug-likeness (QED) is 0.261. The molecule has 0 bridgehead atoms. The fraction of sp³-hybridized carbons (Fsp3) is 0.433. The Morgan fingerprint density at radius 2 is 1.36 bits per heavy atom. The smallest absolute Gasteiger partial charge is 0.356 e. The molecule has 0 aliphatic heterocycles. The largest absolute Gasteiger partial charge is 0.416 e. The van der Waals surface area contributed by atoms with Crippen molar-refractivity contribution in [3.8, 4) is 11.3 Å². The summed E-state index contributed by atoms with van der Waals surface area (Å²) in [6, 6.07) is 13.6. The van der Waals surface area contributed by atoms with Crippen molar-refractivity contribution in [1.29, 1.82) is 0 Å². The van der Waals surface area contributed by atoms with Crippen LogP contribution in [0.2, 0.25) is 0 Å². The molecule has 3 nitrogen and oxygen atoms in total. The maximum absolute atomic E-state index is 13.3. The number of aryl methyl sites for hydroxylation is 1. The number of halogens is 6. The van der Waals surface area contributed by atoms with Crippen LogP contribution in [0, 0.1) is 18.8 Å². The molecular weight excluding hydrogens is 516 g/mol. The van der Waals surface area contributed by atoms with Crippen LogP contribution < -0.4 is 10.2 Å². The van der Waals surface area contributed by atoms with Crippen LogP contribution in [-0.2, 0) is 25.4 Å². The highest BCUT2D eigenvalue weighted by Gasteiger charge is 2.37. The Bertz CT molecular complexity index is 1250. The molecule has 0 saturated heterocycles. The molecule has 0 amide bonds. The summed E-state index contributed by atoms with van der Waals surface area (Å²) in [4.78, 5) is 7.45. The summed E-state index contributed by atoms with van der Waals surface area (Å²) in [7, 11) is 0. The molecule has 1 heterocycles. The topological polar surface area (TPSA) is 28.2 Å². The van der Waals surface area contributed by atoms with Gasteiger partial charge < -0.3 is 10.2 Å². The van der Waals surface area contributed by atoms with Crippen molar-refractivity contribution in [3.63, 3.8) is 0 Å². The van der Waals surface area contributed by atoms with Crippen molar-refractivity contribution >= 4 is 5.82 Å². The normalized spacial score (nSPS) is 16.0. The number of nitrogens with one attached hydrogen (secondary N) is 1. The second kappa shape index (κ2) is 10.8. The van der Waals surface area contributed by atoms with Gasteiger partial charge in [0, 0.05) is 37.3 Å². The third-order valence-electron chi connectivity index (χ3n) is 7.26. The highest BCUT2D eigenvalue weighted by atomic mass is 19.4. The zero-order valence-electron chi connectivity index (χ0n) is 21.7. The van der Waals surface area contributed by atoms with E-state index in [2.05, 4.69) is 10.2 Å². The number of alkyl halides is 6. The van der Waals surface area contributed by atoms with E-state index in [9.17, 15) is 26.3 Å². The van der Waals surface area contributed by atoms with E-state index in [4.69, 9.17) is 4.98 Å². The lowest BCUT2D eigenvalue weighted by atomic mass is 10.0. The van der Waals surface area contributed by atoms with E-state index in [-0.39, 0.29) is 24.7 Å². The SMILES string of the molecule is Cc1cc(CNCc2cc(C(F)(F)F)cc(C(F)(F)F)c2)c(N(CC2CC2)CC2CC2)nc1-c1ccccc1. The molecule has 1 N–H and O–H groups in total. The maximum atomic E-state index is 13.3. The van der Waals surface area contributed by atoms with Crippen molar-refractivity contribution in [2.45, 2.75) is 58.0 Å². The Morgan fingerprint density at radius 1 is 0.795 bits per heavy atom. The van der Waals surface area contributed by atoms with Crippen LogP contribution in [-0.4, -0.2) is 18.1 Å². The summed E-state index contributed by atoms with van der Waals surface area (Å²) >= 11 is 0. The lowest BCUT2D eigenvalue weighted by Gasteiger charge is -2.28. The molecule has 0 atom stereocenters. The molecular formula is C30H31F6N3. The Balaban J connectivity index is 1.43. The molecule has 2 aromatic carbocycles. The third kappa shape index (κ3) is 7.12. The molecule has 2 fully saturated rings. The van der Waals surface area contributed by atoms with Gasteiger partial charge in [-0.1, -0.05) is 30.3 Å². The van der Waals surface area contributed by atoms with E-state index >= 15 is 0 Å². The number of aromatic nitrogens is 1. The summed E-state index contributed by atoms with van der Waals surface area (Å²) in [5.41, 5.74) is 1.03. The van der Waals surface area contributed by atoms with Gasteiger partial charge in [0.15, 0.2) is 0 Å². The number of anilines is 1. The minimum atomic E-state index is -4.87. The van der Waals surface area contributed by atoms with Crippen molar-refractivity contribution in [2.75, 3.05) is 18.0 Å². The average molecular weight is 548 g/mol. The first-order valence-corrected chi connectivity index (χ1v) is 13.3. The summed E-state index contributed by atoms with van der Waals surface area (Å²) in [5, 5.41) is 3.09. The second-order valence-corrected chi connectivity index (χ2v) is 10.8. The summed E-state index contributed by atoms with van der Waals surface area (Å²) in [6.45, 7) is 3.89. The number of benzene rings is 2. The molecule has 0 spiro atoms. The second-order valence-electron chi connectivity index (χ2n) is 10.8. The molecule has 0 radical (unpaired) electrons. The first-order chi connectivity index (χ1) is 18.5. The summed E-state index contributed by atoms with van der Waals surface area (Å²) in [5.74, 6) is 2.09.